The first-order valence-electron chi connectivity index (χ1n) is 10.3. The molecule has 28 heavy (non-hydrogen) atoms. The quantitative estimate of drug-likeness (QED) is 0.870. The number of benzene rings is 1. The minimum atomic E-state index is -0.0153. The van der Waals surface area contributed by atoms with Gasteiger partial charge in [0.15, 0.2) is 17.1 Å². The summed E-state index contributed by atoms with van der Waals surface area (Å²) in [5.74, 6) is 3.09. The van der Waals surface area contributed by atoms with Crippen LogP contribution in [0.15, 0.2) is 16.5 Å². The third-order valence-corrected chi connectivity index (χ3v) is 6.52. The Morgan fingerprint density at radius 3 is 2.39 bits per heavy atom. The van der Waals surface area contributed by atoms with Crippen LogP contribution in [0.1, 0.15) is 41.8 Å². The molecule has 0 aliphatic carbocycles. The number of carbonyl (C=O) groups excluding carboxylic acids is 1. The molecule has 1 aromatic heterocycles. The number of likely N-dealkylation sites (tertiary alicyclic amines) is 1. The molecule has 2 aliphatic rings. The summed E-state index contributed by atoms with van der Waals surface area (Å²) in [4.78, 5) is 15.1. The van der Waals surface area contributed by atoms with E-state index in [1.54, 1.807) is 14.2 Å². The maximum Gasteiger partial charge on any atom is 0.289 e. The fraction of sp³-hybridized carbons (Fsp3) is 0.591. The number of ether oxygens (including phenoxy) is 2. The van der Waals surface area contributed by atoms with Gasteiger partial charge >= 0.3 is 0 Å². The first-order valence-corrected chi connectivity index (χ1v) is 10.3. The van der Waals surface area contributed by atoms with E-state index in [2.05, 4.69) is 5.32 Å². The maximum atomic E-state index is 13.2. The number of rotatable bonds is 4. The monoisotopic (exact) mass is 386 g/mol. The highest BCUT2D eigenvalue weighted by molar-refractivity contribution is 6.00. The second kappa shape index (κ2) is 8.03. The van der Waals surface area contributed by atoms with Crippen molar-refractivity contribution in [2.45, 2.75) is 32.6 Å². The standard InChI is InChI=1S/C22H30N2O4/c1-14-17-4-5-18(26-2)21(27-3)20(17)28-19(14)22(25)24-12-8-16(9-13-24)15-6-10-23-11-7-15/h4-5,15-16,23H,6-13H2,1-3H3. The minimum absolute atomic E-state index is 0.0153. The van der Waals surface area contributed by atoms with E-state index in [9.17, 15) is 4.79 Å². The molecule has 0 radical (unpaired) electrons. The zero-order chi connectivity index (χ0) is 19.7. The Morgan fingerprint density at radius 2 is 1.75 bits per heavy atom. The Kier molecular flexibility index (Phi) is 5.49. The van der Waals surface area contributed by atoms with Crippen molar-refractivity contribution in [3.8, 4) is 11.5 Å². The van der Waals surface area contributed by atoms with Crippen molar-refractivity contribution in [3.63, 3.8) is 0 Å². The molecule has 0 spiro atoms. The Balaban J connectivity index is 1.52. The Morgan fingerprint density at radius 1 is 1.07 bits per heavy atom. The number of fused-ring (bicyclic) bond motifs is 1. The van der Waals surface area contributed by atoms with Crippen LogP contribution in [0.4, 0.5) is 0 Å². The molecule has 1 aromatic carbocycles. The lowest BCUT2D eigenvalue weighted by molar-refractivity contribution is 0.0612. The number of furan rings is 1. The highest BCUT2D eigenvalue weighted by Crippen LogP contribution is 2.40. The Hall–Kier alpha value is -2.21. The number of piperidine rings is 2. The maximum absolute atomic E-state index is 13.2. The molecule has 152 valence electrons. The van der Waals surface area contributed by atoms with Gasteiger partial charge in [-0.15, -0.1) is 0 Å². The average Bonchev–Trinajstić information content (AvgIpc) is 3.09. The normalized spacial score (nSPS) is 19.2. The molecular weight excluding hydrogens is 356 g/mol. The fourth-order valence-electron chi connectivity index (χ4n) is 4.83. The van der Waals surface area contributed by atoms with Crippen molar-refractivity contribution in [2.75, 3.05) is 40.4 Å². The SMILES string of the molecule is COc1ccc2c(C)c(C(=O)N3CCC(C4CCNCC4)CC3)oc2c1OC. The number of nitrogens with one attached hydrogen (secondary N) is 1. The van der Waals surface area contributed by atoms with Crippen LogP contribution in [0.3, 0.4) is 0 Å². The first kappa shape index (κ1) is 19.1. The molecule has 3 heterocycles. The number of hydrogen-bond donors (Lipinski definition) is 1. The van der Waals surface area contributed by atoms with E-state index in [1.165, 1.54) is 12.8 Å². The molecule has 2 fully saturated rings. The summed E-state index contributed by atoms with van der Waals surface area (Å²) in [7, 11) is 3.18. The van der Waals surface area contributed by atoms with Gasteiger partial charge in [-0.25, -0.2) is 0 Å². The lowest BCUT2D eigenvalue weighted by atomic mass is 9.79. The molecule has 4 rings (SSSR count). The number of carbonyl (C=O) groups is 1. The number of hydrogen-bond acceptors (Lipinski definition) is 5. The van der Waals surface area contributed by atoms with Crippen LogP contribution in [0.5, 0.6) is 11.5 Å². The van der Waals surface area contributed by atoms with Crippen molar-refractivity contribution in [2.24, 2.45) is 11.8 Å². The van der Waals surface area contributed by atoms with E-state index in [1.807, 2.05) is 24.0 Å². The molecule has 2 aromatic rings. The predicted molar refractivity (Wildman–Crippen MR) is 108 cm³/mol. The summed E-state index contributed by atoms with van der Waals surface area (Å²) in [6.07, 6.45) is 4.71. The van der Waals surface area contributed by atoms with Gasteiger partial charge in [-0.05, 0) is 69.7 Å². The predicted octanol–water partition coefficient (Wildman–Crippen LogP) is 3.61. The van der Waals surface area contributed by atoms with E-state index in [0.717, 1.165) is 61.8 Å². The summed E-state index contributed by atoms with van der Waals surface area (Å²) in [5, 5.41) is 4.34. The Labute approximate surface area is 166 Å². The van der Waals surface area contributed by atoms with Gasteiger partial charge < -0.3 is 24.1 Å². The van der Waals surface area contributed by atoms with Crippen LogP contribution in [0, 0.1) is 18.8 Å². The molecular formula is C22H30N2O4. The van der Waals surface area contributed by atoms with Crippen LogP contribution in [-0.2, 0) is 0 Å². The van der Waals surface area contributed by atoms with Crippen molar-refractivity contribution in [1.82, 2.24) is 10.2 Å². The Bertz CT molecular complexity index is 846. The highest BCUT2D eigenvalue weighted by Gasteiger charge is 2.32. The first-order chi connectivity index (χ1) is 13.6. The molecule has 0 unspecified atom stereocenters. The van der Waals surface area contributed by atoms with Crippen molar-refractivity contribution >= 4 is 16.9 Å². The number of methoxy groups -OCH3 is 2. The summed E-state index contributed by atoms with van der Waals surface area (Å²) in [6, 6.07) is 3.78. The number of amides is 1. The fourth-order valence-corrected chi connectivity index (χ4v) is 4.83. The van der Waals surface area contributed by atoms with E-state index in [0.29, 0.717) is 22.8 Å². The van der Waals surface area contributed by atoms with Gasteiger partial charge in [0.25, 0.3) is 5.91 Å². The van der Waals surface area contributed by atoms with Gasteiger partial charge in [0.05, 0.1) is 14.2 Å². The van der Waals surface area contributed by atoms with Gasteiger partial charge in [0.2, 0.25) is 5.75 Å². The van der Waals surface area contributed by atoms with E-state index in [-0.39, 0.29) is 5.91 Å². The molecule has 0 saturated carbocycles. The average molecular weight is 386 g/mol. The lowest BCUT2D eigenvalue weighted by Gasteiger charge is -2.37. The van der Waals surface area contributed by atoms with Gasteiger partial charge in [-0.2, -0.15) is 0 Å². The summed E-state index contributed by atoms with van der Waals surface area (Å²) in [6.45, 7) is 5.82. The molecule has 1 N–H and O–H groups in total. The van der Waals surface area contributed by atoms with E-state index in [4.69, 9.17) is 13.9 Å². The molecule has 2 saturated heterocycles. The second-order valence-electron chi connectivity index (χ2n) is 7.95. The van der Waals surface area contributed by atoms with Crippen molar-refractivity contribution < 1.29 is 18.7 Å². The van der Waals surface area contributed by atoms with E-state index < -0.39 is 0 Å². The zero-order valence-electron chi connectivity index (χ0n) is 17.0. The summed E-state index contributed by atoms with van der Waals surface area (Å²) >= 11 is 0. The minimum Gasteiger partial charge on any atom is -0.493 e. The number of nitrogens with zero attached hydrogens (tertiary/aromatic N) is 1. The van der Waals surface area contributed by atoms with Crippen LogP contribution in [-0.4, -0.2) is 51.2 Å². The molecule has 6 heteroatoms. The van der Waals surface area contributed by atoms with Gasteiger partial charge in [-0.3, -0.25) is 4.79 Å². The lowest BCUT2D eigenvalue weighted by Crippen LogP contribution is -2.42. The highest BCUT2D eigenvalue weighted by atomic mass is 16.5. The van der Waals surface area contributed by atoms with Crippen LogP contribution in [0.25, 0.3) is 11.0 Å². The third kappa shape index (κ3) is 3.34. The van der Waals surface area contributed by atoms with Crippen molar-refractivity contribution in [3.05, 3.63) is 23.5 Å². The molecule has 0 atom stereocenters. The summed E-state index contributed by atoms with van der Waals surface area (Å²) < 4.78 is 16.8. The smallest absolute Gasteiger partial charge is 0.289 e. The van der Waals surface area contributed by atoms with E-state index >= 15 is 0 Å². The topological polar surface area (TPSA) is 63.9 Å². The van der Waals surface area contributed by atoms with Gasteiger partial charge in [0.1, 0.15) is 0 Å². The number of aryl methyl sites for hydroxylation is 1. The van der Waals surface area contributed by atoms with Gasteiger partial charge in [-0.1, -0.05) is 0 Å². The second-order valence-corrected chi connectivity index (χ2v) is 7.95. The molecule has 0 bridgehead atoms. The molecule has 1 amide bonds. The van der Waals surface area contributed by atoms with Crippen molar-refractivity contribution in [1.29, 1.82) is 0 Å². The summed E-state index contributed by atoms with van der Waals surface area (Å²) in [5.41, 5.74) is 1.44. The molecule has 2 aliphatic heterocycles. The molecule has 6 nitrogen and oxygen atoms in total. The van der Waals surface area contributed by atoms with Crippen LogP contribution in [0.2, 0.25) is 0 Å². The van der Waals surface area contributed by atoms with Crippen LogP contribution < -0.4 is 14.8 Å². The largest absolute Gasteiger partial charge is 0.493 e. The van der Waals surface area contributed by atoms with Crippen LogP contribution >= 0.6 is 0 Å². The van der Waals surface area contributed by atoms with Gasteiger partial charge in [0, 0.05) is 24.0 Å². The zero-order valence-corrected chi connectivity index (χ0v) is 17.0. The third-order valence-electron chi connectivity index (χ3n) is 6.52.